The minimum atomic E-state index is 0.368. The van der Waals surface area contributed by atoms with Gasteiger partial charge in [0.1, 0.15) is 0 Å². The van der Waals surface area contributed by atoms with E-state index in [1.54, 1.807) is 11.3 Å². The van der Waals surface area contributed by atoms with Crippen LogP contribution in [-0.4, -0.2) is 4.98 Å². The minimum Gasteiger partial charge on any atom is -0.306 e. The van der Waals surface area contributed by atoms with Gasteiger partial charge in [0.2, 0.25) is 0 Å². The van der Waals surface area contributed by atoms with Crippen molar-refractivity contribution in [3.05, 3.63) is 52.5 Å². The van der Waals surface area contributed by atoms with Gasteiger partial charge in [0.15, 0.2) is 0 Å². The number of nitrogens with one attached hydrogen (secondary N) is 1. The van der Waals surface area contributed by atoms with Crippen LogP contribution in [0.5, 0.6) is 0 Å². The Hall–Kier alpha value is -1.19. The number of rotatable bonds is 4. The summed E-state index contributed by atoms with van der Waals surface area (Å²) in [5.74, 6) is 0. The van der Waals surface area contributed by atoms with Gasteiger partial charge in [-0.15, -0.1) is 0 Å². The molecule has 2 nitrogen and oxygen atoms in total. The van der Waals surface area contributed by atoms with Gasteiger partial charge in [-0.2, -0.15) is 11.3 Å². The van der Waals surface area contributed by atoms with Gasteiger partial charge in [-0.1, -0.05) is 0 Å². The van der Waals surface area contributed by atoms with Crippen LogP contribution in [0.3, 0.4) is 0 Å². The summed E-state index contributed by atoms with van der Waals surface area (Å²) in [4.78, 5) is 4.01. The molecular weight excluding hydrogens is 204 g/mol. The molecule has 0 saturated carbocycles. The second kappa shape index (κ2) is 5.05. The Morgan fingerprint density at radius 1 is 1.33 bits per heavy atom. The van der Waals surface area contributed by atoms with Crippen molar-refractivity contribution in [1.82, 2.24) is 10.3 Å². The fraction of sp³-hybridized carbons (Fsp3) is 0.250. The van der Waals surface area contributed by atoms with E-state index in [0.29, 0.717) is 6.04 Å². The van der Waals surface area contributed by atoms with E-state index in [1.165, 1.54) is 11.1 Å². The van der Waals surface area contributed by atoms with E-state index in [4.69, 9.17) is 0 Å². The summed E-state index contributed by atoms with van der Waals surface area (Å²) < 4.78 is 0. The Labute approximate surface area is 94.0 Å². The molecule has 2 heterocycles. The molecule has 0 radical (unpaired) electrons. The number of thiophene rings is 1. The summed E-state index contributed by atoms with van der Waals surface area (Å²) in [6.07, 6.45) is 3.66. The summed E-state index contributed by atoms with van der Waals surface area (Å²) in [5.41, 5.74) is 2.63. The largest absolute Gasteiger partial charge is 0.306 e. The number of nitrogens with zero attached hydrogens (tertiary/aromatic N) is 1. The van der Waals surface area contributed by atoms with E-state index in [-0.39, 0.29) is 0 Å². The van der Waals surface area contributed by atoms with Gasteiger partial charge in [-0.3, -0.25) is 4.98 Å². The summed E-state index contributed by atoms with van der Waals surface area (Å²) >= 11 is 1.74. The molecule has 3 heteroatoms. The van der Waals surface area contributed by atoms with E-state index in [9.17, 15) is 0 Å². The smallest absolute Gasteiger partial charge is 0.0296 e. The molecule has 0 aromatic carbocycles. The van der Waals surface area contributed by atoms with Gasteiger partial charge in [-0.05, 0) is 47.0 Å². The second-order valence-electron chi connectivity index (χ2n) is 3.51. The topological polar surface area (TPSA) is 24.9 Å². The molecule has 0 saturated heterocycles. The lowest BCUT2D eigenvalue weighted by molar-refractivity contribution is 0.575. The molecule has 2 aromatic rings. The number of hydrogen-bond acceptors (Lipinski definition) is 3. The van der Waals surface area contributed by atoms with Crippen molar-refractivity contribution in [2.24, 2.45) is 0 Å². The molecule has 1 atom stereocenters. The first-order valence-electron chi connectivity index (χ1n) is 5.00. The summed E-state index contributed by atoms with van der Waals surface area (Å²) in [5, 5.41) is 7.76. The normalized spacial score (nSPS) is 12.6. The van der Waals surface area contributed by atoms with Crippen LogP contribution in [0.4, 0.5) is 0 Å². The van der Waals surface area contributed by atoms with Gasteiger partial charge >= 0.3 is 0 Å². The Morgan fingerprint density at radius 2 is 2.13 bits per heavy atom. The zero-order valence-corrected chi connectivity index (χ0v) is 9.50. The van der Waals surface area contributed by atoms with Gasteiger partial charge < -0.3 is 5.32 Å². The van der Waals surface area contributed by atoms with Crippen molar-refractivity contribution < 1.29 is 0 Å². The maximum Gasteiger partial charge on any atom is 0.0296 e. The highest BCUT2D eigenvalue weighted by Crippen LogP contribution is 2.12. The van der Waals surface area contributed by atoms with Gasteiger partial charge in [-0.25, -0.2) is 0 Å². The van der Waals surface area contributed by atoms with Gasteiger partial charge in [0.25, 0.3) is 0 Å². The summed E-state index contributed by atoms with van der Waals surface area (Å²) in [7, 11) is 0. The van der Waals surface area contributed by atoms with Crippen LogP contribution in [0.15, 0.2) is 41.4 Å². The Balaban J connectivity index is 1.90. The molecule has 1 N–H and O–H groups in total. The van der Waals surface area contributed by atoms with Crippen LogP contribution >= 0.6 is 11.3 Å². The fourth-order valence-corrected chi connectivity index (χ4v) is 2.10. The molecule has 0 aliphatic carbocycles. The molecule has 0 fully saturated rings. The van der Waals surface area contributed by atoms with E-state index >= 15 is 0 Å². The molecule has 15 heavy (non-hydrogen) atoms. The van der Waals surface area contributed by atoms with Crippen LogP contribution in [0, 0.1) is 0 Å². The molecule has 0 bridgehead atoms. The molecule has 0 aliphatic rings. The molecular formula is C12H14N2S. The van der Waals surface area contributed by atoms with Gasteiger partial charge in [0.05, 0.1) is 0 Å². The maximum absolute atomic E-state index is 4.01. The van der Waals surface area contributed by atoms with Crippen molar-refractivity contribution in [3.63, 3.8) is 0 Å². The number of pyridine rings is 1. The lowest BCUT2D eigenvalue weighted by atomic mass is 10.1. The van der Waals surface area contributed by atoms with E-state index < -0.39 is 0 Å². The number of aromatic nitrogens is 1. The van der Waals surface area contributed by atoms with Crippen LogP contribution < -0.4 is 5.32 Å². The molecule has 0 aliphatic heterocycles. The first-order chi connectivity index (χ1) is 7.36. The zero-order chi connectivity index (χ0) is 10.5. The van der Waals surface area contributed by atoms with Gasteiger partial charge in [0, 0.05) is 25.0 Å². The summed E-state index contributed by atoms with van der Waals surface area (Å²) in [6.45, 7) is 3.09. The zero-order valence-electron chi connectivity index (χ0n) is 8.68. The molecule has 78 valence electrons. The predicted molar refractivity (Wildman–Crippen MR) is 63.8 cm³/mol. The first-order valence-corrected chi connectivity index (χ1v) is 5.95. The lowest BCUT2D eigenvalue weighted by Gasteiger charge is -2.13. The van der Waals surface area contributed by atoms with Crippen LogP contribution in [0.1, 0.15) is 24.1 Å². The lowest BCUT2D eigenvalue weighted by Crippen LogP contribution is -2.17. The van der Waals surface area contributed by atoms with Crippen LogP contribution in [0.2, 0.25) is 0 Å². The highest BCUT2D eigenvalue weighted by atomic mass is 32.1. The monoisotopic (exact) mass is 218 g/mol. The Morgan fingerprint density at radius 3 is 2.80 bits per heavy atom. The average molecular weight is 218 g/mol. The van der Waals surface area contributed by atoms with Crippen molar-refractivity contribution in [2.75, 3.05) is 0 Å². The SMILES string of the molecule is C[C@@H](NCc1ccsc1)c1ccncc1. The standard InChI is InChI=1S/C12H14N2S/c1-10(12-2-5-13-6-3-12)14-8-11-4-7-15-9-11/h2-7,9-10,14H,8H2,1H3/t10-/m1/s1. The average Bonchev–Trinajstić information content (AvgIpc) is 2.80. The second-order valence-corrected chi connectivity index (χ2v) is 4.29. The molecule has 2 rings (SSSR count). The third kappa shape index (κ3) is 2.88. The van der Waals surface area contributed by atoms with Crippen molar-refractivity contribution >= 4 is 11.3 Å². The molecule has 0 spiro atoms. The van der Waals surface area contributed by atoms with Crippen LogP contribution in [0.25, 0.3) is 0 Å². The van der Waals surface area contributed by atoms with Crippen molar-refractivity contribution in [2.45, 2.75) is 19.5 Å². The Kier molecular flexibility index (Phi) is 3.48. The molecule has 2 aromatic heterocycles. The quantitative estimate of drug-likeness (QED) is 0.853. The molecule has 0 amide bonds. The summed E-state index contributed by atoms with van der Waals surface area (Å²) in [6, 6.07) is 6.61. The molecule has 0 unspecified atom stereocenters. The fourth-order valence-electron chi connectivity index (χ4n) is 1.43. The highest BCUT2D eigenvalue weighted by molar-refractivity contribution is 7.07. The highest BCUT2D eigenvalue weighted by Gasteiger charge is 2.03. The van der Waals surface area contributed by atoms with Crippen LogP contribution in [-0.2, 0) is 6.54 Å². The van der Waals surface area contributed by atoms with Crippen molar-refractivity contribution in [1.29, 1.82) is 0 Å². The third-order valence-electron chi connectivity index (χ3n) is 2.40. The predicted octanol–water partition coefficient (Wildman–Crippen LogP) is 2.99. The Bertz CT molecular complexity index is 383. The van der Waals surface area contributed by atoms with E-state index in [1.807, 2.05) is 24.5 Å². The van der Waals surface area contributed by atoms with E-state index in [2.05, 4.69) is 34.1 Å². The minimum absolute atomic E-state index is 0.368. The van der Waals surface area contributed by atoms with E-state index in [0.717, 1.165) is 6.54 Å². The van der Waals surface area contributed by atoms with Crippen molar-refractivity contribution in [3.8, 4) is 0 Å². The third-order valence-corrected chi connectivity index (χ3v) is 3.13. The maximum atomic E-state index is 4.01. The number of hydrogen-bond donors (Lipinski definition) is 1. The first kappa shape index (κ1) is 10.3.